The van der Waals surface area contributed by atoms with Crippen molar-refractivity contribution in [3.05, 3.63) is 0 Å². The average molecular weight is 299 g/mol. The van der Waals surface area contributed by atoms with Crippen LogP contribution in [-0.2, 0) is 4.79 Å². The summed E-state index contributed by atoms with van der Waals surface area (Å²) in [5.41, 5.74) is 0. The zero-order valence-electron chi connectivity index (χ0n) is 12.5. The molecule has 20 heavy (non-hydrogen) atoms. The third kappa shape index (κ3) is 6.46. The minimum absolute atomic E-state index is 0.209. The van der Waals surface area contributed by atoms with E-state index in [-0.39, 0.29) is 5.91 Å². The van der Waals surface area contributed by atoms with Crippen molar-refractivity contribution in [3.63, 3.8) is 0 Å². The summed E-state index contributed by atoms with van der Waals surface area (Å²) < 4.78 is 0. The first-order valence-electron chi connectivity index (χ1n) is 8.15. The van der Waals surface area contributed by atoms with Crippen LogP contribution in [0.25, 0.3) is 0 Å². The molecule has 0 aromatic carbocycles. The van der Waals surface area contributed by atoms with E-state index >= 15 is 0 Å². The summed E-state index contributed by atoms with van der Waals surface area (Å²) in [6.45, 7) is 5.50. The largest absolute Gasteiger partial charge is 0.356 e. The Morgan fingerprint density at radius 3 is 2.75 bits per heavy atom. The molecular weight excluding hydrogens is 270 g/mol. The molecule has 5 heteroatoms. The highest BCUT2D eigenvalue weighted by atomic mass is 32.2. The van der Waals surface area contributed by atoms with Crippen molar-refractivity contribution < 1.29 is 4.79 Å². The number of thioether (sulfide) groups is 1. The van der Waals surface area contributed by atoms with Gasteiger partial charge in [0.2, 0.25) is 5.91 Å². The van der Waals surface area contributed by atoms with Gasteiger partial charge in [-0.1, -0.05) is 12.8 Å². The topological polar surface area (TPSA) is 44.4 Å². The van der Waals surface area contributed by atoms with E-state index in [1.165, 1.54) is 44.5 Å². The molecule has 2 heterocycles. The number of rotatable bonds is 6. The first-order valence-corrected chi connectivity index (χ1v) is 9.30. The maximum atomic E-state index is 11.8. The molecule has 1 amide bonds. The molecule has 2 saturated heterocycles. The number of hydrogen-bond donors (Lipinski definition) is 2. The van der Waals surface area contributed by atoms with Gasteiger partial charge in [-0.05, 0) is 38.9 Å². The summed E-state index contributed by atoms with van der Waals surface area (Å²) in [6.07, 6.45) is 7.18. The summed E-state index contributed by atoms with van der Waals surface area (Å²) >= 11 is 1.94. The monoisotopic (exact) mass is 299 g/mol. The van der Waals surface area contributed by atoms with E-state index in [0.717, 1.165) is 31.8 Å². The van der Waals surface area contributed by atoms with Gasteiger partial charge < -0.3 is 15.5 Å². The van der Waals surface area contributed by atoms with Gasteiger partial charge in [0, 0.05) is 37.1 Å². The smallest absolute Gasteiger partial charge is 0.221 e. The first-order chi connectivity index (χ1) is 9.84. The van der Waals surface area contributed by atoms with Gasteiger partial charge in [0.1, 0.15) is 0 Å². The van der Waals surface area contributed by atoms with Gasteiger partial charge in [-0.25, -0.2) is 0 Å². The summed E-state index contributed by atoms with van der Waals surface area (Å²) in [4.78, 5) is 14.4. The van der Waals surface area contributed by atoms with E-state index in [1.54, 1.807) is 0 Å². The molecule has 0 spiro atoms. The number of hydrogen-bond acceptors (Lipinski definition) is 4. The Hall–Kier alpha value is -0.260. The predicted octanol–water partition coefficient (Wildman–Crippen LogP) is 1.46. The van der Waals surface area contributed by atoms with Crippen molar-refractivity contribution in [2.24, 2.45) is 0 Å². The second-order valence-corrected chi connectivity index (χ2v) is 7.04. The quantitative estimate of drug-likeness (QED) is 0.729. The van der Waals surface area contributed by atoms with Gasteiger partial charge in [-0.15, -0.1) is 0 Å². The molecule has 2 aliphatic rings. The van der Waals surface area contributed by atoms with Crippen LogP contribution in [0.15, 0.2) is 0 Å². The van der Waals surface area contributed by atoms with Crippen LogP contribution in [-0.4, -0.2) is 61.1 Å². The minimum atomic E-state index is 0.209. The Labute approximate surface area is 127 Å². The molecule has 2 N–H and O–H groups in total. The molecule has 0 radical (unpaired) electrons. The van der Waals surface area contributed by atoms with Crippen molar-refractivity contribution in [2.75, 3.05) is 44.2 Å². The van der Waals surface area contributed by atoms with Gasteiger partial charge in [0.05, 0.1) is 0 Å². The van der Waals surface area contributed by atoms with E-state index in [1.807, 2.05) is 11.8 Å². The minimum Gasteiger partial charge on any atom is -0.356 e. The highest BCUT2D eigenvalue weighted by molar-refractivity contribution is 7.99. The van der Waals surface area contributed by atoms with Gasteiger partial charge >= 0.3 is 0 Å². The summed E-state index contributed by atoms with van der Waals surface area (Å²) in [6, 6.07) is 0.374. The molecule has 2 rings (SSSR count). The third-order valence-corrected chi connectivity index (χ3v) is 5.23. The highest BCUT2D eigenvalue weighted by Gasteiger charge is 2.16. The lowest BCUT2D eigenvalue weighted by Crippen LogP contribution is -2.41. The van der Waals surface area contributed by atoms with Crippen LogP contribution in [0.2, 0.25) is 0 Å². The maximum Gasteiger partial charge on any atom is 0.221 e. The van der Waals surface area contributed by atoms with E-state index in [2.05, 4.69) is 15.5 Å². The normalized spacial score (nSPS) is 25.1. The molecule has 1 atom stereocenters. The van der Waals surface area contributed by atoms with Crippen LogP contribution in [0, 0.1) is 0 Å². The number of amides is 1. The van der Waals surface area contributed by atoms with Gasteiger partial charge in [0.25, 0.3) is 0 Å². The number of nitrogens with one attached hydrogen (secondary N) is 2. The van der Waals surface area contributed by atoms with E-state index in [9.17, 15) is 4.79 Å². The van der Waals surface area contributed by atoms with E-state index in [0.29, 0.717) is 12.5 Å². The molecule has 1 unspecified atom stereocenters. The molecule has 0 bridgehead atoms. The van der Waals surface area contributed by atoms with Gasteiger partial charge in [0.15, 0.2) is 0 Å². The lowest BCUT2D eigenvalue weighted by molar-refractivity contribution is -0.121. The fourth-order valence-corrected chi connectivity index (χ4v) is 3.89. The van der Waals surface area contributed by atoms with Crippen LogP contribution < -0.4 is 10.6 Å². The fraction of sp³-hybridized carbons (Fsp3) is 0.933. The SMILES string of the molecule is O=C(CC1CSCCN1)NCCCN1CCCCCC1. The standard InChI is InChI=1S/C15H29N3OS/c19-15(12-14-13-20-11-7-16-14)17-6-5-10-18-8-3-1-2-4-9-18/h14,16H,1-13H2,(H,17,19). The summed E-state index contributed by atoms with van der Waals surface area (Å²) in [7, 11) is 0. The van der Waals surface area contributed by atoms with Crippen LogP contribution in [0.4, 0.5) is 0 Å². The van der Waals surface area contributed by atoms with E-state index < -0.39 is 0 Å². The Balaban J connectivity index is 1.50. The van der Waals surface area contributed by atoms with Crippen LogP contribution in [0.1, 0.15) is 38.5 Å². The average Bonchev–Trinajstić information content (AvgIpc) is 2.73. The second kappa shape index (κ2) is 9.64. The van der Waals surface area contributed by atoms with Gasteiger partial charge in [-0.3, -0.25) is 4.79 Å². The van der Waals surface area contributed by atoms with Crippen LogP contribution in [0.3, 0.4) is 0 Å². The Morgan fingerprint density at radius 1 is 1.25 bits per heavy atom. The first kappa shape index (κ1) is 16.1. The van der Waals surface area contributed by atoms with E-state index in [4.69, 9.17) is 0 Å². The third-order valence-electron chi connectivity index (χ3n) is 4.10. The number of carbonyl (C=O) groups is 1. The van der Waals surface area contributed by atoms with Crippen molar-refractivity contribution in [3.8, 4) is 0 Å². The van der Waals surface area contributed by atoms with Crippen molar-refractivity contribution in [2.45, 2.75) is 44.6 Å². The molecule has 4 nitrogen and oxygen atoms in total. The van der Waals surface area contributed by atoms with Gasteiger partial charge in [-0.2, -0.15) is 11.8 Å². The number of carbonyl (C=O) groups excluding carboxylic acids is 1. The molecule has 116 valence electrons. The Morgan fingerprint density at radius 2 is 2.05 bits per heavy atom. The maximum absolute atomic E-state index is 11.8. The van der Waals surface area contributed by atoms with Crippen molar-refractivity contribution in [1.29, 1.82) is 0 Å². The van der Waals surface area contributed by atoms with Crippen LogP contribution in [0.5, 0.6) is 0 Å². The zero-order chi connectivity index (χ0) is 14.0. The Kier molecular flexibility index (Phi) is 7.76. The predicted molar refractivity (Wildman–Crippen MR) is 86.3 cm³/mol. The number of likely N-dealkylation sites (tertiary alicyclic amines) is 1. The Bertz CT molecular complexity index is 274. The molecular formula is C15H29N3OS. The lowest BCUT2D eigenvalue weighted by atomic mass is 10.2. The molecule has 0 aromatic rings. The van der Waals surface area contributed by atoms with Crippen molar-refractivity contribution >= 4 is 17.7 Å². The molecule has 0 aromatic heterocycles. The van der Waals surface area contributed by atoms with Crippen molar-refractivity contribution in [1.82, 2.24) is 15.5 Å². The molecule has 2 aliphatic heterocycles. The molecule has 0 saturated carbocycles. The molecule has 0 aliphatic carbocycles. The number of nitrogens with zero attached hydrogens (tertiary/aromatic N) is 1. The lowest BCUT2D eigenvalue weighted by Gasteiger charge is -2.23. The summed E-state index contributed by atoms with van der Waals surface area (Å²) in [5, 5.41) is 6.48. The highest BCUT2D eigenvalue weighted by Crippen LogP contribution is 2.10. The molecule has 2 fully saturated rings. The second-order valence-electron chi connectivity index (χ2n) is 5.89. The summed E-state index contributed by atoms with van der Waals surface area (Å²) in [5.74, 6) is 2.45. The zero-order valence-corrected chi connectivity index (χ0v) is 13.3. The fourth-order valence-electron chi connectivity index (χ4n) is 2.94. The van der Waals surface area contributed by atoms with Crippen LogP contribution >= 0.6 is 11.8 Å².